The van der Waals surface area contributed by atoms with Gasteiger partial charge in [-0.05, 0) is 25.3 Å². The van der Waals surface area contributed by atoms with Crippen molar-refractivity contribution in [1.82, 2.24) is 0 Å². The van der Waals surface area contributed by atoms with Crippen LogP contribution in [0.3, 0.4) is 0 Å². The van der Waals surface area contributed by atoms with E-state index in [1.54, 1.807) is 13.0 Å². The molecule has 0 spiro atoms. The van der Waals surface area contributed by atoms with E-state index in [1.165, 1.54) is 11.3 Å². The maximum Gasteiger partial charge on any atom is 0.352 e. The molecule has 13 heavy (non-hydrogen) atoms. The smallest absolute Gasteiger partial charge is 0.352 e. The second kappa shape index (κ2) is 4.87. The Morgan fingerprint density at radius 2 is 2.23 bits per heavy atom. The van der Waals surface area contributed by atoms with E-state index in [4.69, 9.17) is 9.47 Å². The number of rotatable bonds is 4. The Morgan fingerprint density at radius 1 is 1.46 bits per heavy atom. The van der Waals surface area contributed by atoms with Gasteiger partial charge in [0, 0.05) is 0 Å². The van der Waals surface area contributed by atoms with Gasteiger partial charge >= 0.3 is 5.97 Å². The van der Waals surface area contributed by atoms with E-state index in [-0.39, 0.29) is 5.97 Å². The molecule has 0 saturated heterocycles. The van der Waals surface area contributed by atoms with E-state index < -0.39 is 0 Å². The van der Waals surface area contributed by atoms with Gasteiger partial charge in [-0.25, -0.2) is 4.79 Å². The van der Waals surface area contributed by atoms with Gasteiger partial charge in [-0.2, -0.15) is 0 Å². The molecular weight excluding hydrogens is 188 g/mol. The van der Waals surface area contributed by atoms with Crippen molar-refractivity contribution in [3.63, 3.8) is 0 Å². The number of carbonyl (C=O) groups is 1. The summed E-state index contributed by atoms with van der Waals surface area (Å²) in [5.74, 6) is 0.312. The second-order valence-electron chi connectivity index (χ2n) is 2.27. The molecule has 0 aromatic carbocycles. The van der Waals surface area contributed by atoms with Gasteiger partial charge in [-0.3, -0.25) is 0 Å². The second-order valence-corrected chi connectivity index (χ2v) is 3.18. The Bertz CT molecular complexity index is 280. The van der Waals surface area contributed by atoms with Crippen molar-refractivity contribution in [3.8, 4) is 5.75 Å². The van der Waals surface area contributed by atoms with Crippen molar-refractivity contribution in [2.75, 3.05) is 13.2 Å². The van der Waals surface area contributed by atoms with Crippen molar-refractivity contribution in [2.45, 2.75) is 13.8 Å². The third kappa shape index (κ3) is 2.45. The summed E-state index contributed by atoms with van der Waals surface area (Å²) < 4.78 is 10.1. The molecular formula is C9H12O3S. The van der Waals surface area contributed by atoms with Gasteiger partial charge in [0.15, 0.2) is 4.88 Å². The van der Waals surface area contributed by atoms with Gasteiger partial charge in [-0.15, -0.1) is 11.3 Å². The molecule has 0 N–H and O–H groups in total. The molecule has 3 nitrogen and oxygen atoms in total. The van der Waals surface area contributed by atoms with E-state index in [2.05, 4.69) is 0 Å². The zero-order valence-corrected chi connectivity index (χ0v) is 8.52. The predicted molar refractivity (Wildman–Crippen MR) is 51.4 cm³/mol. The van der Waals surface area contributed by atoms with Crippen LogP contribution in [0.1, 0.15) is 23.5 Å². The number of ether oxygens (including phenoxy) is 2. The summed E-state index contributed by atoms with van der Waals surface area (Å²) in [5.41, 5.74) is 0. The van der Waals surface area contributed by atoms with Crippen molar-refractivity contribution >= 4 is 17.3 Å². The molecule has 0 aliphatic rings. The van der Waals surface area contributed by atoms with Gasteiger partial charge in [-0.1, -0.05) is 0 Å². The molecule has 0 saturated carbocycles. The van der Waals surface area contributed by atoms with E-state index in [9.17, 15) is 4.79 Å². The quantitative estimate of drug-likeness (QED) is 0.700. The Labute approximate surface area is 81.3 Å². The highest BCUT2D eigenvalue weighted by Crippen LogP contribution is 2.25. The lowest BCUT2D eigenvalue weighted by molar-refractivity contribution is 0.0528. The van der Waals surface area contributed by atoms with Crippen molar-refractivity contribution in [1.29, 1.82) is 0 Å². The molecule has 1 rings (SSSR count). The summed E-state index contributed by atoms with van der Waals surface area (Å²) in [7, 11) is 0. The fourth-order valence-corrected chi connectivity index (χ4v) is 1.64. The Balaban J connectivity index is 2.74. The fourth-order valence-electron chi connectivity index (χ4n) is 0.912. The van der Waals surface area contributed by atoms with Gasteiger partial charge in [0.1, 0.15) is 5.75 Å². The molecule has 0 aliphatic carbocycles. The van der Waals surface area contributed by atoms with E-state index >= 15 is 0 Å². The molecule has 4 heteroatoms. The van der Waals surface area contributed by atoms with E-state index in [0.29, 0.717) is 23.8 Å². The van der Waals surface area contributed by atoms with Crippen LogP contribution in [0.15, 0.2) is 11.4 Å². The number of hydrogen-bond acceptors (Lipinski definition) is 4. The lowest BCUT2D eigenvalue weighted by Crippen LogP contribution is -2.04. The van der Waals surface area contributed by atoms with Crippen LogP contribution in [0.25, 0.3) is 0 Å². The maximum absolute atomic E-state index is 11.3. The Hall–Kier alpha value is -1.03. The van der Waals surface area contributed by atoms with Gasteiger partial charge in [0.05, 0.1) is 13.2 Å². The Kier molecular flexibility index (Phi) is 3.76. The van der Waals surface area contributed by atoms with Crippen LogP contribution < -0.4 is 4.74 Å². The summed E-state index contributed by atoms with van der Waals surface area (Å²) in [5, 5.41) is 1.82. The molecule has 1 aromatic rings. The molecule has 0 radical (unpaired) electrons. The molecule has 0 unspecified atom stereocenters. The fraction of sp³-hybridized carbons (Fsp3) is 0.444. The molecule has 0 amide bonds. The standard InChI is InChI=1S/C9H12O3S/c1-3-11-7-5-6-13-8(7)9(10)12-4-2/h5-6H,3-4H2,1-2H3. The van der Waals surface area contributed by atoms with Gasteiger partial charge in [0.25, 0.3) is 0 Å². The number of esters is 1. The van der Waals surface area contributed by atoms with Gasteiger partial charge < -0.3 is 9.47 Å². The maximum atomic E-state index is 11.3. The molecule has 0 aliphatic heterocycles. The van der Waals surface area contributed by atoms with E-state index in [0.717, 1.165) is 0 Å². The lowest BCUT2D eigenvalue weighted by atomic mass is 10.4. The van der Waals surface area contributed by atoms with E-state index in [1.807, 2.05) is 12.3 Å². The first kappa shape index (κ1) is 10.1. The van der Waals surface area contributed by atoms with Crippen LogP contribution in [-0.4, -0.2) is 19.2 Å². The predicted octanol–water partition coefficient (Wildman–Crippen LogP) is 2.32. The summed E-state index contributed by atoms with van der Waals surface area (Å²) in [6.45, 7) is 4.61. The summed E-state index contributed by atoms with van der Waals surface area (Å²) in [6, 6.07) is 1.78. The summed E-state index contributed by atoms with van der Waals surface area (Å²) in [6.07, 6.45) is 0. The molecule has 0 atom stereocenters. The number of hydrogen-bond donors (Lipinski definition) is 0. The topological polar surface area (TPSA) is 35.5 Å². The first-order valence-electron chi connectivity index (χ1n) is 4.17. The summed E-state index contributed by atoms with van der Waals surface area (Å²) in [4.78, 5) is 11.9. The molecule has 1 heterocycles. The summed E-state index contributed by atoms with van der Waals surface area (Å²) >= 11 is 1.34. The third-order valence-electron chi connectivity index (χ3n) is 1.39. The number of thiophene rings is 1. The Morgan fingerprint density at radius 3 is 2.85 bits per heavy atom. The molecule has 72 valence electrons. The van der Waals surface area contributed by atoms with Crippen molar-refractivity contribution in [3.05, 3.63) is 16.3 Å². The van der Waals surface area contributed by atoms with Gasteiger partial charge in [0.2, 0.25) is 0 Å². The average molecular weight is 200 g/mol. The average Bonchev–Trinajstić information content (AvgIpc) is 2.54. The van der Waals surface area contributed by atoms with Crippen LogP contribution in [-0.2, 0) is 4.74 Å². The normalized spacial score (nSPS) is 9.69. The molecule has 1 aromatic heterocycles. The zero-order chi connectivity index (χ0) is 9.68. The lowest BCUT2D eigenvalue weighted by Gasteiger charge is -2.03. The number of carbonyl (C=O) groups excluding carboxylic acids is 1. The third-order valence-corrected chi connectivity index (χ3v) is 2.27. The largest absolute Gasteiger partial charge is 0.492 e. The van der Waals surface area contributed by atoms with Crippen molar-refractivity contribution in [2.24, 2.45) is 0 Å². The van der Waals surface area contributed by atoms with Crippen LogP contribution >= 0.6 is 11.3 Å². The minimum Gasteiger partial charge on any atom is -0.492 e. The first-order valence-corrected chi connectivity index (χ1v) is 5.05. The molecule has 0 bridgehead atoms. The minimum atomic E-state index is -0.305. The first-order chi connectivity index (χ1) is 6.29. The van der Waals surface area contributed by atoms with Crippen LogP contribution in [0, 0.1) is 0 Å². The van der Waals surface area contributed by atoms with Crippen LogP contribution in [0.4, 0.5) is 0 Å². The SMILES string of the molecule is CCOC(=O)c1sccc1OCC. The highest BCUT2D eigenvalue weighted by atomic mass is 32.1. The minimum absolute atomic E-state index is 0.305. The highest BCUT2D eigenvalue weighted by Gasteiger charge is 2.14. The molecule has 0 fully saturated rings. The zero-order valence-electron chi connectivity index (χ0n) is 7.70. The monoisotopic (exact) mass is 200 g/mol. The van der Waals surface area contributed by atoms with Crippen LogP contribution in [0.5, 0.6) is 5.75 Å². The highest BCUT2D eigenvalue weighted by molar-refractivity contribution is 7.12. The van der Waals surface area contributed by atoms with Crippen LogP contribution in [0.2, 0.25) is 0 Å². The van der Waals surface area contributed by atoms with Crippen molar-refractivity contribution < 1.29 is 14.3 Å².